The minimum atomic E-state index is -0.362. The molecule has 1 aliphatic heterocycles. The van der Waals surface area contributed by atoms with Crippen LogP contribution in [-0.2, 0) is 20.9 Å². The number of hydrogen-bond acceptors (Lipinski definition) is 3. The van der Waals surface area contributed by atoms with E-state index in [1.807, 2.05) is 12.2 Å². The largest absolute Gasteiger partial charge is 0.340 e. The monoisotopic (exact) mass is 342 g/mol. The Labute approximate surface area is 145 Å². The molecule has 4 atom stereocenters. The quantitative estimate of drug-likeness (QED) is 0.617. The lowest BCUT2D eigenvalue weighted by Gasteiger charge is -2.22. The first-order valence-electron chi connectivity index (χ1n) is 8.47. The van der Waals surface area contributed by atoms with Gasteiger partial charge in [-0.1, -0.05) is 24.3 Å². The fourth-order valence-electron chi connectivity index (χ4n) is 4.37. The van der Waals surface area contributed by atoms with Crippen LogP contribution in [0.2, 0.25) is 0 Å². The molecule has 25 heavy (non-hydrogen) atoms. The van der Waals surface area contributed by atoms with Gasteiger partial charge in [-0.15, -0.1) is 0 Å². The van der Waals surface area contributed by atoms with Gasteiger partial charge in [0, 0.05) is 13.6 Å². The Morgan fingerprint density at radius 2 is 1.84 bits per heavy atom. The molecule has 1 aromatic rings. The van der Waals surface area contributed by atoms with E-state index in [0.717, 1.165) is 11.3 Å². The number of fused-ring (bicyclic) bond motifs is 5. The van der Waals surface area contributed by atoms with E-state index in [1.54, 1.807) is 19.2 Å². The Balaban J connectivity index is 1.43. The van der Waals surface area contributed by atoms with E-state index in [4.69, 9.17) is 0 Å². The standard InChI is InChI=1S/C19H19FN2O3/c1-21(9-11-3-2-4-14(20)7-11)15(23)10-22-18(24)16-12-5-6-13(8-12)17(16)19(22)25/h2-7,12-13,16-17H,8-10H2,1H3. The first kappa shape index (κ1) is 16.0. The van der Waals surface area contributed by atoms with E-state index in [2.05, 4.69) is 0 Å². The van der Waals surface area contributed by atoms with Crippen molar-refractivity contribution in [3.63, 3.8) is 0 Å². The molecule has 6 heteroatoms. The number of carbonyl (C=O) groups excluding carboxylic acids is 3. The number of likely N-dealkylation sites (tertiary alicyclic amines) is 1. The van der Waals surface area contributed by atoms with Gasteiger partial charge in [-0.2, -0.15) is 0 Å². The Hall–Kier alpha value is -2.50. The Bertz CT molecular complexity index is 761. The summed E-state index contributed by atoms with van der Waals surface area (Å²) in [7, 11) is 1.59. The minimum Gasteiger partial charge on any atom is -0.340 e. The van der Waals surface area contributed by atoms with Crippen molar-refractivity contribution in [2.24, 2.45) is 23.7 Å². The normalized spacial score (nSPS) is 29.4. The van der Waals surface area contributed by atoms with Gasteiger partial charge in [-0.25, -0.2) is 4.39 Å². The van der Waals surface area contributed by atoms with Crippen LogP contribution in [-0.4, -0.2) is 41.1 Å². The summed E-state index contributed by atoms with van der Waals surface area (Å²) < 4.78 is 13.3. The molecule has 1 heterocycles. The second-order valence-corrected chi connectivity index (χ2v) is 7.14. The third-order valence-electron chi connectivity index (χ3n) is 5.59. The van der Waals surface area contributed by atoms with Crippen molar-refractivity contribution in [1.82, 2.24) is 9.80 Å². The van der Waals surface area contributed by atoms with Gasteiger partial charge in [0.05, 0.1) is 11.8 Å². The topological polar surface area (TPSA) is 57.7 Å². The number of rotatable bonds is 4. The first-order chi connectivity index (χ1) is 12.0. The predicted octanol–water partition coefficient (Wildman–Crippen LogP) is 1.59. The van der Waals surface area contributed by atoms with Crippen molar-refractivity contribution in [1.29, 1.82) is 0 Å². The Kier molecular flexibility index (Phi) is 3.71. The molecule has 0 radical (unpaired) electrons. The first-order valence-corrected chi connectivity index (χ1v) is 8.47. The molecule has 2 bridgehead atoms. The summed E-state index contributed by atoms with van der Waals surface area (Å²) >= 11 is 0. The van der Waals surface area contributed by atoms with Crippen molar-refractivity contribution >= 4 is 17.7 Å². The number of nitrogens with zero attached hydrogens (tertiary/aromatic N) is 2. The fourth-order valence-corrected chi connectivity index (χ4v) is 4.37. The highest BCUT2D eigenvalue weighted by Gasteiger charge is 2.59. The molecular weight excluding hydrogens is 323 g/mol. The van der Waals surface area contributed by atoms with Gasteiger partial charge in [0.1, 0.15) is 12.4 Å². The molecule has 4 rings (SSSR count). The third kappa shape index (κ3) is 2.56. The third-order valence-corrected chi connectivity index (χ3v) is 5.59. The lowest BCUT2D eigenvalue weighted by Crippen LogP contribution is -2.42. The van der Waals surface area contributed by atoms with Crippen LogP contribution in [0, 0.1) is 29.5 Å². The molecule has 1 saturated heterocycles. The Morgan fingerprint density at radius 1 is 1.20 bits per heavy atom. The zero-order valence-corrected chi connectivity index (χ0v) is 13.9. The van der Waals surface area contributed by atoms with Crippen molar-refractivity contribution in [3.8, 4) is 0 Å². The van der Waals surface area contributed by atoms with Gasteiger partial charge >= 0.3 is 0 Å². The van der Waals surface area contributed by atoms with Crippen LogP contribution in [0.1, 0.15) is 12.0 Å². The second kappa shape index (κ2) is 5.79. The molecule has 1 aromatic carbocycles. The van der Waals surface area contributed by atoms with Crippen molar-refractivity contribution in [3.05, 3.63) is 47.8 Å². The molecule has 130 valence electrons. The van der Waals surface area contributed by atoms with Crippen LogP contribution in [0.3, 0.4) is 0 Å². The maximum atomic E-state index is 13.3. The summed E-state index contributed by atoms with van der Waals surface area (Å²) in [4.78, 5) is 40.2. The van der Waals surface area contributed by atoms with E-state index in [0.29, 0.717) is 5.56 Å². The maximum Gasteiger partial charge on any atom is 0.242 e. The molecule has 0 aromatic heterocycles. The lowest BCUT2D eigenvalue weighted by atomic mass is 9.85. The average Bonchev–Trinajstić information content (AvgIpc) is 3.24. The highest BCUT2D eigenvalue weighted by molar-refractivity contribution is 6.08. The summed E-state index contributed by atoms with van der Waals surface area (Å²) in [6, 6.07) is 6.02. The van der Waals surface area contributed by atoms with E-state index < -0.39 is 0 Å². The van der Waals surface area contributed by atoms with Crippen LogP contribution in [0.4, 0.5) is 4.39 Å². The summed E-state index contributed by atoms with van der Waals surface area (Å²) in [5.74, 6) is -1.44. The molecule has 3 aliphatic rings. The van der Waals surface area contributed by atoms with Gasteiger partial charge in [-0.05, 0) is 36.0 Å². The minimum absolute atomic E-state index is 0.136. The number of hydrogen-bond donors (Lipinski definition) is 0. The van der Waals surface area contributed by atoms with Crippen LogP contribution >= 0.6 is 0 Å². The average molecular weight is 342 g/mol. The number of imide groups is 1. The molecule has 0 N–H and O–H groups in total. The van der Waals surface area contributed by atoms with Crippen LogP contribution in [0.25, 0.3) is 0 Å². The number of carbonyl (C=O) groups is 3. The van der Waals surface area contributed by atoms with Crippen molar-refractivity contribution in [2.75, 3.05) is 13.6 Å². The molecule has 2 fully saturated rings. The molecule has 2 aliphatic carbocycles. The lowest BCUT2D eigenvalue weighted by molar-refractivity contribution is -0.146. The summed E-state index contributed by atoms with van der Waals surface area (Å²) in [5.41, 5.74) is 0.661. The van der Waals surface area contributed by atoms with Crippen molar-refractivity contribution < 1.29 is 18.8 Å². The Morgan fingerprint density at radius 3 is 2.44 bits per heavy atom. The van der Waals surface area contributed by atoms with Crippen molar-refractivity contribution in [2.45, 2.75) is 13.0 Å². The molecular formula is C19H19FN2O3. The summed E-state index contributed by atoms with van der Waals surface area (Å²) in [5, 5.41) is 0. The van der Waals surface area contributed by atoms with Gasteiger partial charge in [-0.3, -0.25) is 19.3 Å². The maximum absolute atomic E-state index is 13.3. The van der Waals surface area contributed by atoms with Gasteiger partial charge in [0.2, 0.25) is 17.7 Å². The zero-order valence-electron chi connectivity index (χ0n) is 13.9. The highest BCUT2D eigenvalue weighted by atomic mass is 19.1. The molecule has 3 amide bonds. The van der Waals surface area contributed by atoms with Crippen LogP contribution < -0.4 is 0 Å². The molecule has 0 spiro atoms. The molecule has 5 nitrogen and oxygen atoms in total. The van der Waals surface area contributed by atoms with E-state index in [9.17, 15) is 18.8 Å². The smallest absolute Gasteiger partial charge is 0.242 e. The zero-order chi connectivity index (χ0) is 17.7. The van der Waals surface area contributed by atoms with Crippen LogP contribution in [0.5, 0.6) is 0 Å². The van der Waals surface area contributed by atoms with E-state index in [1.165, 1.54) is 17.0 Å². The number of allylic oxidation sites excluding steroid dienone is 2. The van der Waals surface area contributed by atoms with E-state index in [-0.39, 0.29) is 60.3 Å². The summed E-state index contributed by atoms with van der Waals surface area (Å²) in [6.07, 6.45) is 4.92. The number of amides is 3. The number of halogens is 1. The summed E-state index contributed by atoms with van der Waals surface area (Å²) in [6.45, 7) is -0.0115. The second-order valence-electron chi connectivity index (χ2n) is 7.14. The van der Waals surface area contributed by atoms with Gasteiger partial charge < -0.3 is 4.90 Å². The van der Waals surface area contributed by atoms with Gasteiger partial charge in [0.25, 0.3) is 0 Å². The molecule has 4 unspecified atom stereocenters. The molecule has 1 saturated carbocycles. The van der Waals surface area contributed by atoms with E-state index >= 15 is 0 Å². The van der Waals surface area contributed by atoms with Gasteiger partial charge in [0.15, 0.2) is 0 Å². The SMILES string of the molecule is CN(Cc1cccc(F)c1)C(=O)CN1C(=O)C2C3C=CC(C3)C2C1=O. The predicted molar refractivity (Wildman–Crippen MR) is 87.3 cm³/mol. The fraction of sp³-hybridized carbons (Fsp3) is 0.421. The van der Waals surface area contributed by atoms with Crippen LogP contribution in [0.15, 0.2) is 36.4 Å². The number of benzene rings is 1. The highest BCUT2D eigenvalue weighted by Crippen LogP contribution is 2.52. The number of likely N-dealkylation sites (N-methyl/N-ethyl adjacent to an activating group) is 1.